The van der Waals surface area contributed by atoms with Crippen molar-refractivity contribution in [2.45, 2.75) is 11.3 Å². The number of ether oxygens (including phenoxy) is 3. The molecule has 2 heterocycles. The summed E-state index contributed by atoms with van der Waals surface area (Å²) >= 11 is 1.48. The van der Waals surface area contributed by atoms with Crippen LogP contribution in [0.25, 0.3) is 0 Å². The highest BCUT2D eigenvalue weighted by Crippen LogP contribution is 2.38. The van der Waals surface area contributed by atoms with E-state index in [2.05, 4.69) is 5.32 Å². The zero-order valence-corrected chi connectivity index (χ0v) is 15.2. The number of nitrogens with one attached hydrogen (secondary N) is 1. The standard InChI is InChI=1S/C19H15NO6S/c1-24-19(23)12-7-15-16(26-9-25-15)8-13(12)20-18(22)11-4-2-3-10-14(21)5-6-27-17(10)11/h2-4,7-8H,5-6,9H2,1H3,(H,20,22). The minimum atomic E-state index is -0.608. The largest absolute Gasteiger partial charge is 0.465 e. The molecule has 4 rings (SSSR count). The summed E-state index contributed by atoms with van der Waals surface area (Å²) in [5.74, 6) is 0.468. The smallest absolute Gasteiger partial charge is 0.340 e. The fraction of sp³-hybridized carbons (Fsp3) is 0.211. The molecule has 2 aromatic rings. The minimum Gasteiger partial charge on any atom is -0.465 e. The van der Waals surface area contributed by atoms with Gasteiger partial charge in [0.15, 0.2) is 17.3 Å². The monoisotopic (exact) mass is 385 g/mol. The van der Waals surface area contributed by atoms with Crippen LogP contribution >= 0.6 is 11.8 Å². The Labute approximate surface area is 159 Å². The van der Waals surface area contributed by atoms with Crippen LogP contribution in [0.15, 0.2) is 35.2 Å². The maximum absolute atomic E-state index is 12.9. The number of fused-ring (bicyclic) bond motifs is 2. The predicted octanol–water partition coefficient (Wildman–Crippen LogP) is 3.13. The highest BCUT2D eigenvalue weighted by atomic mass is 32.2. The van der Waals surface area contributed by atoms with Crippen LogP contribution in [0.4, 0.5) is 5.69 Å². The second-order valence-corrected chi connectivity index (χ2v) is 7.01. The van der Waals surface area contributed by atoms with Crippen molar-refractivity contribution in [1.82, 2.24) is 0 Å². The maximum atomic E-state index is 12.9. The quantitative estimate of drug-likeness (QED) is 0.812. The number of thioether (sulfide) groups is 1. The van der Waals surface area contributed by atoms with Gasteiger partial charge in [-0.2, -0.15) is 0 Å². The second kappa shape index (κ2) is 6.96. The number of benzene rings is 2. The van der Waals surface area contributed by atoms with E-state index in [1.54, 1.807) is 18.2 Å². The molecule has 0 saturated carbocycles. The van der Waals surface area contributed by atoms with Crippen molar-refractivity contribution in [2.75, 3.05) is 25.0 Å². The summed E-state index contributed by atoms with van der Waals surface area (Å²) in [7, 11) is 1.26. The Hall–Kier alpha value is -3.00. The minimum absolute atomic E-state index is 0.0247. The molecule has 2 aliphatic heterocycles. The molecule has 0 saturated heterocycles. The number of hydrogen-bond donors (Lipinski definition) is 1. The normalized spacial score (nSPS) is 14.5. The Kier molecular flexibility index (Phi) is 4.49. The van der Waals surface area contributed by atoms with Crippen molar-refractivity contribution in [2.24, 2.45) is 0 Å². The summed E-state index contributed by atoms with van der Waals surface area (Å²) < 4.78 is 15.4. The molecule has 0 aromatic heterocycles. The van der Waals surface area contributed by atoms with Crippen LogP contribution in [0.2, 0.25) is 0 Å². The molecule has 0 spiro atoms. The van der Waals surface area contributed by atoms with Gasteiger partial charge >= 0.3 is 5.97 Å². The van der Waals surface area contributed by atoms with Gasteiger partial charge in [-0.05, 0) is 6.07 Å². The number of anilines is 1. The summed E-state index contributed by atoms with van der Waals surface area (Å²) in [5, 5.41) is 2.74. The first kappa shape index (κ1) is 17.4. The highest BCUT2D eigenvalue weighted by molar-refractivity contribution is 7.99. The molecule has 0 atom stereocenters. The SMILES string of the molecule is COC(=O)c1cc2c(cc1NC(=O)c1cccc3c1SCCC3=O)OCO2. The van der Waals surface area contributed by atoms with Gasteiger partial charge in [0.1, 0.15) is 0 Å². The van der Waals surface area contributed by atoms with Crippen LogP contribution in [-0.2, 0) is 4.74 Å². The Morgan fingerprint density at radius 3 is 2.70 bits per heavy atom. The Balaban J connectivity index is 1.71. The molecule has 1 amide bonds. The van der Waals surface area contributed by atoms with Crippen molar-refractivity contribution in [3.8, 4) is 11.5 Å². The van der Waals surface area contributed by atoms with Crippen molar-refractivity contribution in [3.05, 3.63) is 47.0 Å². The van der Waals surface area contributed by atoms with E-state index in [0.717, 1.165) is 0 Å². The molecule has 138 valence electrons. The van der Waals surface area contributed by atoms with E-state index in [0.29, 0.717) is 39.7 Å². The first-order chi connectivity index (χ1) is 13.1. The number of ketones is 1. The molecule has 0 fully saturated rings. The zero-order chi connectivity index (χ0) is 19.0. The molecule has 7 nitrogen and oxygen atoms in total. The third-order valence-electron chi connectivity index (χ3n) is 4.30. The Morgan fingerprint density at radius 2 is 1.93 bits per heavy atom. The van der Waals surface area contributed by atoms with E-state index in [-0.39, 0.29) is 23.8 Å². The fourth-order valence-electron chi connectivity index (χ4n) is 2.99. The average Bonchev–Trinajstić information content (AvgIpc) is 3.14. The summed E-state index contributed by atoms with van der Waals surface area (Å²) in [6.45, 7) is 0.0400. The summed E-state index contributed by atoms with van der Waals surface area (Å²) in [6.07, 6.45) is 0.456. The first-order valence-corrected chi connectivity index (χ1v) is 9.19. The van der Waals surface area contributed by atoms with E-state index in [4.69, 9.17) is 14.2 Å². The number of carbonyl (C=O) groups is 3. The van der Waals surface area contributed by atoms with E-state index in [1.165, 1.54) is 31.0 Å². The molecular weight excluding hydrogens is 370 g/mol. The van der Waals surface area contributed by atoms with Crippen molar-refractivity contribution in [1.29, 1.82) is 0 Å². The first-order valence-electron chi connectivity index (χ1n) is 8.21. The molecule has 2 aromatic carbocycles. The van der Waals surface area contributed by atoms with Gasteiger partial charge in [0.05, 0.1) is 23.9 Å². The van der Waals surface area contributed by atoms with Crippen LogP contribution in [0.3, 0.4) is 0 Å². The lowest BCUT2D eigenvalue weighted by atomic mass is 10.0. The Bertz CT molecular complexity index is 971. The van der Waals surface area contributed by atoms with Crippen molar-refractivity contribution >= 4 is 35.1 Å². The van der Waals surface area contributed by atoms with E-state index in [1.807, 2.05) is 0 Å². The van der Waals surface area contributed by atoms with Gasteiger partial charge in [-0.3, -0.25) is 9.59 Å². The third kappa shape index (κ3) is 3.12. The van der Waals surface area contributed by atoms with Gasteiger partial charge in [-0.15, -0.1) is 11.8 Å². The van der Waals surface area contributed by atoms with Crippen LogP contribution in [-0.4, -0.2) is 37.3 Å². The lowest BCUT2D eigenvalue weighted by Gasteiger charge is -2.18. The number of rotatable bonds is 3. The van der Waals surface area contributed by atoms with Gasteiger partial charge in [0.2, 0.25) is 6.79 Å². The molecule has 27 heavy (non-hydrogen) atoms. The average molecular weight is 385 g/mol. The van der Waals surface area contributed by atoms with Gasteiger partial charge in [-0.1, -0.05) is 12.1 Å². The van der Waals surface area contributed by atoms with E-state index in [9.17, 15) is 14.4 Å². The van der Waals surface area contributed by atoms with Gasteiger partial charge in [0, 0.05) is 34.8 Å². The molecule has 8 heteroatoms. The molecule has 0 bridgehead atoms. The Morgan fingerprint density at radius 1 is 1.15 bits per heavy atom. The predicted molar refractivity (Wildman–Crippen MR) is 98.0 cm³/mol. The number of amides is 1. The second-order valence-electron chi connectivity index (χ2n) is 5.90. The van der Waals surface area contributed by atoms with Crippen LogP contribution < -0.4 is 14.8 Å². The number of Topliss-reactive ketones (excluding diaryl/α,β-unsaturated/α-hetero) is 1. The van der Waals surface area contributed by atoms with Gasteiger partial charge in [-0.25, -0.2) is 4.79 Å². The number of methoxy groups -OCH3 is 1. The lowest BCUT2D eigenvalue weighted by Crippen LogP contribution is -2.19. The third-order valence-corrected chi connectivity index (χ3v) is 5.44. The molecule has 1 N–H and O–H groups in total. The molecule has 0 radical (unpaired) electrons. The molecule has 2 aliphatic rings. The van der Waals surface area contributed by atoms with Crippen LogP contribution in [0.5, 0.6) is 11.5 Å². The summed E-state index contributed by atoms with van der Waals surface area (Å²) in [4.78, 5) is 37.8. The molecule has 0 aliphatic carbocycles. The summed E-state index contributed by atoms with van der Waals surface area (Å²) in [5.41, 5.74) is 1.35. The lowest BCUT2D eigenvalue weighted by molar-refractivity contribution is 0.0601. The van der Waals surface area contributed by atoms with Gasteiger partial charge in [0.25, 0.3) is 5.91 Å². The van der Waals surface area contributed by atoms with Crippen LogP contribution in [0.1, 0.15) is 37.5 Å². The highest BCUT2D eigenvalue weighted by Gasteiger charge is 2.26. The number of hydrogen-bond acceptors (Lipinski definition) is 7. The topological polar surface area (TPSA) is 90.9 Å². The van der Waals surface area contributed by atoms with E-state index >= 15 is 0 Å². The zero-order valence-electron chi connectivity index (χ0n) is 14.4. The fourth-order valence-corrected chi connectivity index (χ4v) is 4.13. The molecule has 0 unspecified atom stereocenters. The summed E-state index contributed by atoms with van der Waals surface area (Å²) in [6, 6.07) is 8.06. The number of esters is 1. The maximum Gasteiger partial charge on any atom is 0.340 e. The van der Waals surface area contributed by atoms with Crippen LogP contribution in [0, 0.1) is 0 Å². The van der Waals surface area contributed by atoms with Gasteiger partial charge < -0.3 is 19.5 Å². The molecular formula is C19H15NO6S. The van der Waals surface area contributed by atoms with Crippen molar-refractivity contribution in [3.63, 3.8) is 0 Å². The number of carbonyl (C=O) groups excluding carboxylic acids is 3. The van der Waals surface area contributed by atoms with Crippen molar-refractivity contribution < 1.29 is 28.6 Å². The van der Waals surface area contributed by atoms with E-state index < -0.39 is 11.9 Å².